The Kier molecular flexibility index (Phi) is 2.57. The molecule has 1 aliphatic rings. The molecule has 0 unspecified atom stereocenters. The lowest BCUT2D eigenvalue weighted by Crippen LogP contribution is -2.37. The van der Waals surface area contributed by atoms with Gasteiger partial charge >= 0.3 is 0 Å². The zero-order chi connectivity index (χ0) is 13.6. The summed E-state index contributed by atoms with van der Waals surface area (Å²) < 4.78 is 10.7. The molecule has 0 radical (unpaired) electrons. The highest BCUT2D eigenvalue weighted by molar-refractivity contribution is 6.33. The standard InChI is InChI=1S/C13H9ClN2O3/c1-6-15-12(17)8-5-7-3-4-9(18-2)10(14)11(7)19-13(8)16-6/h3-5H,1H2,2H3,(H,15,17). The second-order valence-corrected chi connectivity index (χ2v) is 4.36. The number of halogens is 1. The Morgan fingerprint density at radius 2 is 2.26 bits per heavy atom. The average molecular weight is 277 g/mol. The molecule has 3 rings (SSSR count). The molecule has 6 heteroatoms. The SMILES string of the molecule is C=c1nc2c(c(=O)[nH]1)=Cc1ccc(OC)c(Cl)c1O2. The van der Waals surface area contributed by atoms with Crippen LogP contribution < -0.4 is 25.7 Å². The van der Waals surface area contributed by atoms with Crippen molar-refractivity contribution >= 4 is 24.3 Å². The summed E-state index contributed by atoms with van der Waals surface area (Å²) in [7, 11) is 1.52. The first-order valence-corrected chi connectivity index (χ1v) is 5.83. The van der Waals surface area contributed by atoms with Gasteiger partial charge in [-0.2, -0.15) is 4.98 Å². The molecule has 1 aromatic heterocycles. The van der Waals surface area contributed by atoms with Gasteiger partial charge in [0.1, 0.15) is 21.5 Å². The lowest BCUT2D eigenvalue weighted by molar-refractivity contribution is 0.405. The smallest absolute Gasteiger partial charge is 0.262 e. The number of nitrogens with zero attached hydrogens (tertiary/aromatic N) is 1. The predicted octanol–water partition coefficient (Wildman–Crippen LogP) is 0.777. The van der Waals surface area contributed by atoms with E-state index in [9.17, 15) is 4.79 Å². The fourth-order valence-electron chi connectivity index (χ4n) is 1.89. The lowest BCUT2D eigenvalue weighted by atomic mass is 10.1. The summed E-state index contributed by atoms with van der Waals surface area (Å²) in [5.74, 6) is 1.11. The van der Waals surface area contributed by atoms with Gasteiger partial charge in [-0.1, -0.05) is 18.2 Å². The second kappa shape index (κ2) is 4.13. The van der Waals surface area contributed by atoms with Crippen LogP contribution in [0.15, 0.2) is 16.9 Å². The molecule has 5 nitrogen and oxygen atoms in total. The van der Waals surface area contributed by atoms with Crippen molar-refractivity contribution in [3.05, 3.63) is 43.8 Å². The largest absolute Gasteiger partial charge is 0.495 e. The van der Waals surface area contributed by atoms with Crippen molar-refractivity contribution in [1.29, 1.82) is 0 Å². The van der Waals surface area contributed by atoms with Gasteiger partial charge in [0, 0.05) is 5.56 Å². The molecule has 2 aromatic rings. The van der Waals surface area contributed by atoms with Crippen molar-refractivity contribution < 1.29 is 9.47 Å². The molecule has 0 amide bonds. The number of aromatic amines is 1. The number of ether oxygens (including phenoxy) is 2. The third-order valence-electron chi connectivity index (χ3n) is 2.78. The highest BCUT2D eigenvalue weighted by Crippen LogP contribution is 2.40. The van der Waals surface area contributed by atoms with Crippen molar-refractivity contribution in [2.75, 3.05) is 7.11 Å². The van der Waals surface area contributed by atoms with Crippen molar-refractivity contribution in [2.24, 2.45) is 0 Å². The van der Waals surface area contributed by atoms with Crippen LogP contribution in [0.1, 0.15) is 5.56 Å². The molecule has 2 heterocycles. The van der Waals surface area contributed by atoms with Crippen LogP contribution >= 0.6 is 11.6 Å². The number of benzene rings is 1. The summed E-state index contributed by atoms with van der Waals surface area (Å²) in [5.41, 5.74) is 0.634. The van der Waals surface area contributed by atoms with Crippen LogP contribution in [0.25, 0.3) is 12.7 Å². The van der Waals surface area contributed by atoms with E-state index in [1.54, 1.807) is 18.2 Å². The Labute approximate surface area is 112 Å². The summed E-state index contributed by atoms with van der Waals surface area (Å²) in [4.78, 5) is 18.4. The minimum atomic E-state index is -0.299. The number of rotatable bonds is 1. The fourth-order valence-corrected chi connectivity index (χ4v) is 2.18. The molecule has 96 valence electrons. The van der Waals surface area contributed by atoms with E-state index in [2.05, 4.69) is 16.5 Å². The van der Waals surface area contributed by atoms with Gasteiger partial charge in [0.05, 0.1) is 7.11 Å². The summed E-state index contributed by atoms with van der Waals surface area (Å²) in [6.45, 7) is 3.58. The Morgan fingerprint density at radius 1 is 1.47 bits per heavy atom. The number of nitrogens with one attached hydrogen (secondary N) is 1. The molecule has 0 atom stereocenters. The number of hydrogen-bond donors (Lipinski definition) is 1. The molecule has 0 spiro atoms. The van der Waals surface area contributed by atoms with Crippen molar-refractivity contribution in [3.8, 4) is 17.4 Å². The highest BCUT2D eigenvalue weighted by atomic mass is 35.5. The maximum absolute atomic E-state index is 11.8. The quantitative estimate of drug-likeness (QED) is 0.713. The van der Waals surface area contributed by atoms with E-state index in [0.717, 1.165) is 0 Å². The van der Waals surface area contributed by atoms with Crippen LogP contribution in [0.3, 0.4) is 0 Å². The first-order valence-electron chi connectivity index (χ1n) is 5.45. The summed E-state index contributed by atoms with van der Waals surface area (Å²) in [6.07, 6.45) is 1.67. The van der Waals surface area contributed by atoms with E-state index < -0.39 is 0 Å². The van der Waals surface area contributed by atoms with E-state index in [1.807, 2.05) is 0 Å². The van der Waals surface area contributed by atoms with Crippen molar-refractivity contribution in [3.63, 3.8) is 0 Å². The maximum atomic E-state index is 11.8. The van der Waals surface area contributed by atoms with E-state index in [1.165, 1.54) is 7.11 Å². The Morgan fingerprint density at radius 3 is 3.00 bits per heavy atom. The predicted molar refractivity (Wildman–Crippen MR) is 71.3 cm³/mol. The van der Waals surface area contributed by atoms with E-state index >= 15 is 0 Å². The number of H-pyrrole nitrogens is 1. The molecular formula is C13H9ClN2O3. The molecule has 1 aromatic carbocycles. The summed E-state index contributed by atoms with van der Waals surface area (Å²) in [6, 6.07) is 3.48. The van der Waals surface area contributed by atoms with Crippen LogP contribution in [0.2, 0.25) is 5.02 Å². The van der Waals surface area contributed by atoms with E-state index in [4.69, 9.17) is 21.1 Å². The number of hydrogen-bond acceptors (Lipinski definition) is 4. The monoisotopic (exact) mass is 276 g/mol. The second-order valence-electron chi connectivity index (χ2n) is 3.98. The molecule has 0 saturated heterocycles. The molecule has 0 bridgehead atoms. The van der Waals surface area contributed by atoms with Gasteiger partial charge < -0.3 is 14.5 Å². The third-order valence-corrected chi connectivity index (χ3v) is 3.14. The van der Waals surface area contributed by atoms with Crippen LogP contribution in [0, 0.1) is 0 Å². The molecular weight excluding hydrogens is 268 g/mol. The number of methoxy groups -OCH3 is 1. The third kappa shape index (κ3) is 1.79. The topological polar surface area (TPSA) is 64.2 Å². The molecule has 0 saturated carbocycles. The maximum Gasteiger partial charge on any atom is 0.262 e. The van der Waals surface area contributed by atoms with Gasteiger partial charge in [-0.05, 0) is 18.2 Å². The zero-order valence-corrected chi connectivity index (χ0v) is 10.7. The van der Waals surface area contributed by atoms with Crippen molar-refractivity contribution in [1.82, 2.24) is 9.97 Å². The van der Waals surface area contributed by atoms with Crippen LogP contribution in [0.4, 0.5) is 0 Å². The first kappa shape index (κ1) is 11.8. The van der Waals surface area contributed by atoms with Gasteiger partial charge in [0.15, 0.2) is 5.75 Å². The Bertz CT molecular complexity index is 842. The van der Waals surface area contributed by atoms with Crippen molar-refractivity contribution in [2.45, 2.75) is 0 Å². The van der Waals surface area contributed by atoms with Gasteiger partial charge in [-0.25, -0.2) is 0 Å². The zero-order valence-electron chi connectivity index (χ0n) is 9.99. The highest BCUT2D eigenvalue weighted by Gasteiger charge is 2.19. The van der Waals surface area contributed by atoms with Gasteiger partial charge in [0.25, 0.3) is 5.56 Å². The van der Waals surface area contributed by atoms with E-state index in [-0.39, 0.29) is 16.9 Å². The minimum absolute atomic E-state index is 0.191. The Balaban J connectivity index is 2.34. The van der Waals surface area contributed by atoms with Gasteiger partial charge in [0.2, 0.25) is 5.88 Å². The molecule has 1 N–H and O–H groups in total. The molecule has 0 fully saturated rings. The fraction of sp³-hybridized carbons (Fsp3) is 0.0769. The lowest BCUT2D eigenvalue weighted by Gasteiger charge is -2.16. The number of fused-ring (bicyclic) bond motifs is 2. The summed E-state index contributed by atoms with van der Waals surface area (Å²) >= 11 is 6.17. The van der Waals surface area contributed by atoms with Gasteiger partial charge in [-0.3, -0.25) is 4.79 Å². The van der Waals surface area contributed by atoms with E-state index in [0.29, 0.717) is 27.3 Å². The summed E-state index contributed by atoms with van der Waals surface area (Å²) in [5, 5.41) is 0.690. The van der Waals surface area contributed by atoms with Crippen LogP contribution in [-0.4, -0.2) is 17.1 Å². The first-order chi connectivity index (χ1) is 9.10. The molecule has 19 heavy (non-hydrogen) atoms. The van der Waals surface area contributed by atoms with Gasteiger partial charge in [-0.15, -0.1) is 0 Å². The molecule has 0 aliphatic carbocycles. The minimum Gasteiger partial charge on any atom is -0.495 e. The van der Waals surface area contributed by atoms with Crippen LogP contribution in [0.5, 0.6) is 17.4 Å². The average Bonchev–Trinajstić information content (AvgIpc) is 2.38. The molecule has 1 aliphatic heterocycles. The Hall–Kier alpha value is -2.27. The van der Waals surface area contributed by atoms with Crippen LogP contribution in [-0.2, 0) is 0 Å². The normalized spacial score (nSPS) is 11.9. The number of aromatic nitrogens is 2.